The fourth-order valence-electron chi connectivity index (χ4n) is 2.89. The van der Waals surface area contributed by atoms with Gasteiger partial charge in [-0.3, -0.25) is 4.68 Å². The van der Waals surface area contributed by atoms with Gasteiger partial charge in [0.25, 0.3) is 0 Å². The SMILES string of the molecule is C[C@@H]1CC[C@H](NC(=O)NCCCn2ccnn2)[C@@H](C)C1. The van der Waals surface area contributed by atoms with Crippen molar-refractivity contribution >= 4 is 6.03 Å². The van der Waals surface area contributed by atoms with Crippen molar-refractivity contribution in [3.8, 4) is 0 Å². The zero-order valence-corrected chi connectivity index (χ0v) is 12.4. The van der Waals surface area contributed by atoms with Gasteiger partial charge >= 0.3 is 6.03 Å². The van der Waals surface area contributed by atoms with Crippen molar-refractivity contribution in [3.05, 3.63) is 12.4 Å². The summed E-state index contributed by atoms with van der Waals surface area (Å²) >= 11 is 0. The van der Waals surface area contributed by atoms with E-state index < -0.39 is 0 Å². The van der Waals surface area contributed by atoms with E-state index in [0.717, 1.165) is 25.3 Å². The second-order valence-electron chi connectivity index (χ2n) is 5.92. The van der Waals surface area contributed by atoms with Gasteiger partial charge < -0.3 is 10.6 Å². The number of nitrogens with one attached hydrogen (secondary N) is 2. The van der Waals surface area contributed by atoms with E-state index in [1.807, 2.05) is 6.20 Å². The lowest BCUT2D eigenvalue weighted by Gasteiger charge is -2.33. The summed E-state index contributed by atoms with van der Waals surface area (Å²) in [5.74, 6) is 1.36. The average Bonchev–Trinajstić information content (AvgIpc) is 2.91. The van der Waals surface area contributed by atoms with Gasteiger partial charge in [0.1, 0.15) is 0 Å². The molecule has 1 saturated carbocycles. The highest BCUT2D eigenvalue weighted by Gasteiger charge is 2.26. The van der Waals surface area contributed by atoms with Crippen LogP contribution in [0.25, 0.3) is 0 Å². The van der Waals surface area contributed by atoms with Crippen molar-refractivity contribution in [3.63, 3.8) is 0 Å². The van der Waals surface area contributed by atoms with Gasteiger partial charge in [-0.15, -0.1) is 5.10 Å². The Morgan fingerprint density at radius 1 is 1.40 bits per heavy atom. The highest BCUT2D eigenvalue weighted by Crippen LogP contribution is 2.28. The zero-order chi connectivity index (χ0) is 14.4. The van der Waals surface area contributed by atoms with Crippen molar-refractivity contribution in [2.24, 2.45) is 11.8 Å². The summed E-state index contributed by atoms with van der Waals surface area (Å²) in [6.07, 6.45) is 7.85. The fraction of sp³-hybridized carbons (Fsp3) is 0.786. The maximum absolute atomic E-state index is 11.8. The molecule has 0 spiro atoms. The maximum Gasteiger partial charge on any atom is 0.315 e. The van der Waals surface area contributed by atoms with Gasteiger partial charge in [-0.25, -0.2) is 4.79 Å². The molecule has 1 aromatic heterocycles. The normalized spacial score (nSPS) is 26.2. The third-order valence-corrected chi connectivity index (χ3v) is 4.07. The lowest BCUT2D eigenvalue weighted by Crippen LogP contribution is -2.47. The summed E-state index contributed by atoms with van der Waals surface area (Å²) in [7, 11) is 0. The highest BCUT2D eigenvalue weighted by molar-refractivity contribution is 5.74. The molecule has 0 radical (unpaired) electrons. The molecule has 1 aliphatic carbocycles. The van der Waals surface area contributed by atoms with Crippen LogP contribution in [0.4, 0.5) is 4.79 Å². The molecule has 0 aliphatic heterocycles. The summed E-state index contributed by atoms with van der Waals surface area (Å²) in [5, 5.41) is 13.6. The maximum atomic E-state index is 11.8. The number of hydrogen-bond donors (Lipinski definition) is 2. The largest absolute Gasteiger partial charge is 0.338 e. The summed E-state index contributed by atoms with van der Waals surface area (Å²) < 4.78 is 1.77. The van der Waals surface area contributed by atoms with Crippen LogP contribution in [0.1, 0.15) is 39.5 Å². The molecule has 1 aliphatic rings. The summed E-state index contributed by atoms with van der Waals surface area (Å²) in [5.41, 5.74) is 0. The van der Waals surface area contributed by atoms with E-state index in [4.69, 9.17) is 0 Å². The Morgan fingerprint density at radius 3 is 2.95 bits per heavy atom. The van der Waals surface area contributed by atoms with Crippen LogP contribution in [0.15, 0.2) is 12.4 Å². The molecule has 3 atom stereocenters. The van der Waals surface area contributed by atoms with Crippen LogP contribution in [-0.2, 0) is 6.54 Å². The molecule has 2 N–H and O–H groups in total. The van der Waals surface area contributed by atoms with Gasteiger partial charge in [-0.05, 0) is 37.5 Å². The number of aryl methyl sites for hydroxylation is 1. The predicted molar refractivity (Wildman–Crippen MR) is 77.1 cm³/mol. The van der Waals surface area contributed by atoms with E-state index in [2.05, 4.69) is 34.8 Å². The Hall–Kier alpha value is -1.59. The molecule has 1 aromatic rings. The Bertz CT molecular complexity index is 406. The van der Waals surface area contributed by atoms with Crippen LogP contribution in [0.3, 0.4) is 0 Å². The molecule has 1 heterocycles. The van der Waals surface area contributed by atoms with Gasteiger partial charge in [0, 0.05) is 25.3 Å². The van der Waals surface area contributed by atoms with Crippen molar-refractivity contribution < 1.29 is 4.79 Å². The third-order valence-electron chi connectivity index (χ3n) is 4.07. The van der Waals surface area contributed by atoms with E-state index in [-0.39, 0.29) is 6.03 Å². The van der Waals surface area contributed by atoms with Gasteiger partial charge in [-0.1, -0.05) is 19.1 Å². The van der Waals surface area contributed by atoms with E-state index in [1.165, 1.54) is 12.8 Å². The number of urea groups is 1. The first-order valence-corrected chi connectivity index (χ1v) is 7.53. The minimum Gasteiger partial charge on any atom is -0.338 e. The number of carbonyl (C=O) groups excluding carboxylic acids is 1. The molecule has 2 rings (SSSR count). The molecule has 20 heavy (non-hydrogen) atoms. The molecule has 0 aromatic carbocycles. The molecule has 0 bridgehead atoms. The van der Waals surface area contributed by atoms with Crippen molar-refractivity contribution in [2.45, 2.75) is 52.1 Å². The number of hydrogen-bond acceptors (Lipinski definition) is 3. The minimum atomic E-state index is -0.0463. The number of rotatable bonds is 5. The van der Waals surface area contributed by atoms with Crippen LogP contribution in [0.5, 0.6) is 0 Å². The zero-order valence-electron chi connectivity index (χ0n) is 12.4. The minimum absolute atomic E-state index is 0.0463. The lowest BCUT2D eigenvalue weighted by atomic mass is 9.80. The first kappa shape index (κ1) is 14.8. The van der Waals surface area contributed by atoms with Crippen LogP contribution in [0.2, 0.25) is 0 Å². The molecule has 6 heteroatoms. The third kappa shape index (κ3) is 4.51. The first-order chi connectivity index (χ1) is 9.65. The predicted octanol–water partition coefficient (Wildman–Crippen LogP) is 1.79. The molecule has 112 valence electrons. The molecule has 0 saturated heterocycles. The summed E-state index contributed by atoms with van der Waals surface area (Å²) in [6, 6.07) is 0.275. The molecule has 0 unspecified atom stereocenters. The summed E-state index contributed by atoms with van der Waals surface area (Å²) in [4.78, 5) is 11.8. The standard InChI is InChI=1S/C14H25N5O/c1-11-4-5-13(12(2)10-11)17-14(20)15-6-3-8-19-9-7-16-18-19/h7,9,11-13H,3-6,8,10H2,1-2H3,(H2,15,17,20)/t11-,12+,13+/m1/s1. The quantitative estimate of drug-likeness (QED) is 0.807. The highest BCUT2D eigenvalue weighted by atomic mass is 16.2. The summed E-state index contributed by atoms with van der Waals surface area (Å²) in [6.45, 7) is 5.95. The van der Waals surface area contributed by atoms with Crippen molar-refractivity contribution in [1.82, 2.24) is 25.6 Å². The van der Waals surface area contributed by atoms with Crippen molar-refractivity contribution in [1.29, 1.82) is 0 Å². The topological polar surface area (TPSA) is 71.8 Å². The van der Waals surface area contributed by atoms with Gasteiger partial charge in [0.15, 0.2) is 0 Å². The van der Waals surface area contributed by atoms with Gasteiger partial charge in [0.05, 0.1) is 6.20 Å². The Balaban J connectivity index is 1.60. The number of nitrogens with zero attached hydrogens (tertiary/aromatic N) is 3. The smallest absolute Gasteiger partial charge is 0.315 e. The Labute approximate surface area is 120 Å². The van der Waals surface area contributed by atoms with Crippen LogP contribution < -0.4 is 10.6 Å². The molecule has 6 nitrogen and oxygen atoms in total. The number of amides is 2. The molecule has 2 amide bonds. The van der Waals surface area contributed by atoms with E-state index >= 15 is 0 Å². The van der Waals surface area contributed by atoms with E-state index in [1.54, 1.807) is 10.9 Å². The Kier molecular flexibility index (Phi) is 5.38. The molecular weight excluding hydrogens is 254 g/mol. The van der Waals surface area contributed by atoms with E-state index in [0.29, 0.717) is 18.5 Å². The Morgan fingerprint density at radius 2 is 2.25 bits per heavy atom. The van der Waals surface area contributed by atoms with Crippen LogP contribution >= 0.6 is 0 Å². The van der Waals surface area contributed by atoms with Crippen molar-refractivity contribution in [2.75, 3.05) is 6.54 Å². The molecular formula is C14H25N5O. The fourth-order valence-corrected chi connectivity index (χ4v) is 2.89. The van der Waals surface area contributed by atoms with Crippen LogP contribution in [-0.4, -0.2) is 33.6 Å². The van der Waals surface area contributed by atoms with E-state index in [9.17, 15) is 4.79 Å². The average molecular weight is 279 g/mol. The van der Waals surface area contributed by atoms with Gasteiger partial charge in [-0.2, -0.15) is 0 Å². The second-order valence-corrected chi connectivity index (χ2v) is 5.92. The number of aromatic nitrogens is 3. The lowest BCUT2D eigenvalue weighted by molar-refractivity contribution is 0.206. The van der Waals surface area contributed by atoms with Crippen LogP contribution in [0, 0.1) is 11.8 Å². The second kappa shape index (κ2) is 7.26. The first-order valence-electron chi connectivity index (χ1n) is 7.53. The number of carbonyl (C=O) groups is 1. The van der Waals surface area contributed by atoms with Gasteiger partial charge in [0.2, 0.25) is 0 Å². The molecule has 1 fully saturated rings. The monoisotopic (exact) mass is 279 g/mol.